The van der Waals surface area contributed by atoms with Gasteiger partial charge in [0.2, 0.25) is 5.78 Å². The molecular formula is C24H39NO2. The third kappa shape index (κ3) is 7.78. The number of rotatable bonds is 10. The van der Waals surface area contributed by atoms with Crippen molar-refractivity contribution in [2.24, 2.45) is 17.6 Å². The summed E-state index contributed by atoms with van der Waals surface area (Å²) in [6, 6.07) is 0. The van der Waals surface area contributed by atoms with Crippen molar-refractivity contribution in [3.63, 3.8) is 0 Å². The van der Waals surface area contributed by atoms with Gasteiger partial charge in [-0.3, -0.25) is 4.79 Å². The Morgan fingerprint density at radius 3 is 2.22 bits per heavy atom. The number of hydrogen-bond donors (Lipinski definition) is 1. The molecule has 0 fully saturated rings. The van der Waals surface area contributed by atoms with E-state index in [0.29, 0.717) is 11.5 Å². The molecule has 0 heterocycles. The minimum Gasteiger partial charge on any atom is -0.491 e. The average Bonchev–Trinajstić information content (AvgIpc) is 2.59. The Kier molecular flexibility index (Phi) is 10.2. The number of ketones is 1. The standard InChI is InChI=1S/C24H39NO2/c1-7-21-20(16-22(25)24(27-6)23(21)26)15-14-19(5)13-9-12-18(4)11-8-10-17(2)3/h10,12,14,20-21H,7-9,11,13,15-16,25H2,1-6H3/b18-12+,19-14+/t20-,21?/m1/s1. The number of carbonyl (C=O) groups excluding carboxylic acids is 1. The fraction of sp³-hybridized carbons (Fsp3) is 0.625. The van der Waals surface area contributed by atoms with Crippen molar-refractivity contribution in [2.45, 2.75) is 79.6 Å². The summed E-state index contributed by atoms with van der Waals surface area (Å²) in [5.74, 6) is 0.772. The minimum atomic E-state index is 0.0218. The lowest BCUT2D eigenvalue weighted by Gasteiger charge is -2.30. The largest absolute Gasteiger partial charge is 0.491 e. The Labute approximate surface area is 166 Å². The number of allylic oxidation sites excluding steroid dienone is 8. The van der Waals surface area contributed by atoms with E-state index in [-0.39, 0.29) is 17.6 Å². The molecule has 152 valence electrons. The zero-order chi connectivity index (χ0) is 20.4. The molecule has 0 saturated heterocycles. The fourth-order valence-corrected chi connectivity index (χ4v) is 3.75. The van der Waals surface area contributed by atoms with Crippen LogP contribution in [0.25, 0.3) is 0 Å². The smallest absolute Gasteiger partial charge is 0.202 e. The lowest BCUT2D eigenvalue weighted by Crippen LogP contribution is -2.33. The van der Waals surface area contributed by atoms with Gasteiger partial charge in [0.1, 0.15) is 0 Å². The minimum absolute atomic E-state index is 0.0218. The summed E-state index contributed by atoms with van der Waals surface area (Å²) in [7, 11) is 1.53. The van der Waals surface area contributed by atoms with E-state index in [0.717, 1.165) is 44.9 Å². The topological polar surface area (TPSA) is 52.3 Å². The average molecular weight is 374 g/mol. The second kappa shape index (κ2) is 11.8. The van der Waals surface area contributed by atoms with E-state index in [1.54, 1.807) is 0 Å². The van der Waals surface area contributed by atoms with Crippen LogP contribution in [0.5, 0.6) is 0 Å². The summed E-state index contributed by atoms with van der Waals surface area (Å²) in [4.78, 5) is 12.5. The molecule has 1 unspecified atom stereocenters. The molecule has 2 atom stereocenters. The van der Waals surface area contributed by atoms with Crippen LogP contribution in [-0.2, 0) is 9.53 Å². The first-order valence-electron chi connectivity index (χ1n) is 10.3. The molecule has 0 aromatic carbocycles. The van der Waals surface area contributed by atoms with Gasteiger partial charge in [-0.15, -0.1) is 0 Å². The lowest BCUT2D eigenvalue weighted by atomic mass is 9.76. The Hall–Kier alpha value is -1.77. The highest BCUT2D eigenvalue weighted by atomic mass is 16.5. The molecule has 0 spiro atoms. The van der Waals surface area contributed by atoms with Crippen molar-refractivity contribution < 1.29 is 9.53 Å². The Morgan fingerprint density at radius 2 is 1.67 bits per heavy atom. The van der Waals surface area contributed by atoms with Gasteiger partial charge in [0.25, 0.3) is 0 Å². The molecule has 1 rings (SSSR count). The highest BCUT2D eigenvalue weighted by Gasteiger charge is 2.35. The summed E-state index contributed by atoms with van der Waals surface area (Å²) in [6.07, 6.45) is 13.9. The predicted molar refractivity (Wildman–Crippen MR) is 115 cm³/mol. The number of nitrogens with two attached hydrogens (primary N) is 1. The molecule has 1 aliphatic rings. The van der Waals surface area contributed by atoms with Crippen molar-refractivity contribution in [1.82, 2.24) is 0 Å². The van der Waals surface area contributed by atoms with Crippen LogP contribution in [0.2, 0.25) is 0 Å². The van der Waals surface area contributed by atoms with E-state index in [2.05, 4.69) is 52.8 Å². The number of ether oxygens (including phenoxy) is 1. The maximum Gasteiger partial charge on any atom is 0.202 e. The van der Waals surface area contributed by atoms with Crippen molar-refractivity contribution in [3.8, 4) is 0 Å². The van der Waals surface area contributed by atoms with Gasteiger partial charge < -0.3 is 10.5 Å². The Balaban J connectivity index is 2.55. The van der Waals surface area contributed by atoms with Gasteiger partial charge in [-0.1, -0.05) is 41.9 Å². The van der Waals surface area contributed by atoms with Crippen LogP contribution in [0, 0.1) is 11.8 Å². The maximum absolute atomic E-state index is 12.5. The summed E-state index contributed by atoms with van der Waals surface area (Å²) in [5, 5.41) is 0. The van der Waals surface area contributed by atoms with Crippen LogP contribution in [-0.4, -0.2) is 12.9 Å². The van der Waals surface area contributed by atoms with Crippen LogP contribution in [0.3, 0.4) is 0 Å². The third-order valence-corrected chi connectivity index (χ3v) is 5.44. The van der Waals surface area contributed by atoms with E-state index in [1.807, 2.05) is 0 Å². The molecule has 0 aliphatic heterocycles. The number of hydrogen-bond acceptors (Lipinski definition) is 3. The highest BCUT2D eigenvalue weighted by molar-refractivity contribution is 5.97. The zero-order valence-corrected chi connectivity index (χ0v) is 18.2. The van der Waals surface area contributed by atoms with Crippen LogP contribution in [0.1, 0.15) is 79.6 Å². The van der Waals surface area contributed by atoms with Crippen molar-refractivity contribution in [3.05, 3.63) is 46.4 Å². The van der Waals surface area contributed by atoms with Crippen LogP contribution in [0.4, 0.5) is 0 Å². The second-order valence-corrected chi connectivity index (χ2v) is 8.10. The van der Waals surface area contributed by atoms with Gasteiger partial charge in [0, 0.05) is 5.92 Å². The molecule has 1 aliphatic carbocycles. The summed E-state index contributed by atoms with van der Waals surface area (Å²) in [6.45, 7) is 10.8. The van der Waals surface area contributed by atoms with Gasteiger partial charge in [0.05, 0.1) is 12.8 Å². The van der Waals surface area contributed by atoms with E-state index < -0.39 is 0 Å². The maximum atomic E-state index is 12.5. The first-order chi connectivity index (χ1) is 12.8. The lowest BCUT2D eigenvalue weighted by molar-refractivity contribution is -0.125. The van der Waals surface area contributed by atoms with Gasteiger partial charge in [-0.2, -0.15) is 0 Å². The zero-order valence-electron chi connectivity index (χ0n) is 18.2. The van der Waals surface area contributed by atoms with E-state index >= 15 is 0 Å². The Morgan fingerprint density at radius 1 is 1.07 bits per heavy atom. The fourth-order valence-electron chi connectivity index (χ4n) is 3.75. The van der Waals surface area contributed by atoms with Gasteiger partial charge in [-0.25, -0.2) is 0 Å². The predicted octanol–water partition coefficient (Wildman–Crippen LogP) is 6.23. The number of methoxy groups -OCH3 is 1. The van der Waals surface area contributed by atoms with Crippen LogP contribution < -0.4 is 5.73 Å². The summed E-state index contributed by atoms with van der Waals surface area (Å²) < 4.78 is 5.22. The van der Waals surface area contributed by atoms with E-state index in [1.165, 1.54) is 23.8 Å². The molecule has 0 bridgehead atoms. The molecule has 2 N–H and O–H groups in total. The third-order valence-electron chi connectivity index (χ3n) is 5.44. The second-order valence-electron chi connectivity index (χ2n) is 8.10. The quantitative estimate of drug-likeness (QED) is 0.462. The van der Waals surface area contributed by atoms with Gasteiger partial charge in [-0.05, 0) is 78.6 Å². The molecular weight excluding hydrogens is 334 g/mol. The summed E-state index contributed by atoms with van der Waals surface area (Å²) >= 11 is 0. The molecule has 3 heteroatoms. The SMILES string of the molecule is CCC1C(=O)C(OC)=C(N)C[C@H]1C/C=C(\C)CC/C=C(\C)CCC=C(C)C. The van der Waals surface area contributed by atoms with E-state index in [9.17, 15) is 4.79 Å². The van der Waals surface area contributed by atoms with Crippen molar-refractivity contribution in [2.75, 3.05) is 7.11 Å². The number of Topliss-reactive ketones (excluding diaryl/α,β-unsaturated/α-hetero) is 1. The van der Waals surface area contributed by atoms with E-state index in [4.69, 9.17) is 10.5 Å². The molecule has 0 aromatic rings. The van der Waals surface area contributed by atoms with Crippen molar-refractivity contribution in [1.29, 1.82) is 0 Å². The first kappa shape index (κ1) is 23.3. The monoisotopic (exact) mass is 373 g/mol. The Bertz CT molecular complexity index is 618. The first-order valence-corrected chi connectivity index (χ1v) is 10.3. The molecule has 0 aromatic heterocycles. The van der Waals surface area contributed by atoms with Gasteiger partial charge >= 0.3 is 0 Å². The van der Waals surface area contributed by atoms with Crippen molar-refractivity contribution >= 4 is 5.78 Å². The highest BCUT2D eigenvalue weighted by Crippen LogP contribution is 2.34. The number of carbonyl (C=O) groups is 1. The van der Waals surface area contributed by atoms with Crippen LogP contribution >= 0.6 is 0 Å². The molecule has 0 radical (unpaired) electrons. The molecule has 0 amide bonds. The van der Waals surface area contributed by atoms with Crippen LogP contribution in [0.15, 0.2) is 46.4 Å². The van der Waals surface area contributed by atoms with Gasteiger partial charge in [0.15, 0.2) is 5.76 Å². The molecule has 0 saturated carbocycles. The summed E-state index contributed by atoms with van der Waals surface area (Å²) in [5.41, 5.74) is 10.9. The molecule has 27 heavy (non-hydrogen) atoms. The molecule has 3 nitrogen and oxygen atoms in total. The normalized spacial score (nSPS) is 21.5.